The van der Waals surface area contributed by atoms with Gasteiger partial charge in [0.15, 0.2) is 0 Å². The third kappa shape index (κ3) is 3.75. The van der Waals surface area contributed by atoms with E-state index in [4.69, 9.17) is 21.1 Å². The van der Waals surface area contributed by atoms with E-state index in [1.807, 2.05) is 0 Å². The molecule has 3 nitrogen and oxygen atoms in total. The number of rotatable bonds is 3. The highest BCUT2D eigenvalue weighted by atomic mass is 35.5. The quantitative estimate of drug-likeness (QED) is 0.929. The van der Waals surface area contributed by atoms with Crippen LogP contribution in [0.25, 0.3) is 0 Å². The lowest BCUT2D eigenvalue weighted by molar-refractivity contribution is -0.140. The van der Waals surface area contributed by atoms with Gasteiger partial charge in [0.25, 0.3) is 0 Å². The van der Waals surface area contributed by atoms with Crippen molar-refractivity contribution in [3.8, 4) is 0 Å². The van der Waals surface area contributed by atoms with Gasteiger partial charge in [-0.25, -0.2) is 4.39 Å². The molecule has 1 N–H and O–H groups in total. The second-order valence-electron chi connectivity index (χ2n) is 5.96. The summed E-state index contributed by atoms with van der Waals surface area (Å²) in [6, 6.07) is 5.31. The highest BCUT2D eigenvalue weighted by Crippen LogP contribution is 2.34. The summed E-state index contributed by atoms with van der Waals surface area (Å²) in [6.45, 7) is 3.08. The molecule has 2 aliphatic rings. The maximum atomic E-state index is 13.2. The predicted molar refractivity (Wildman–Crippen MR) is 80.0 cm³/mol. The summed E-state index contributed by atoms with van der Waals surface area (Å²) in [4.78, 5) is 0. The molecule has 3 rings (SSSR count). The SMILES string of the molecule is Fc1ccc(CNC2CCOC3(CCOCC3)C2)cc1Cl. The van der Waals surface area contributed by atoms with Crippen LogP contribution in [-0.2, 0) is 16.0 Å². The van der Waals surface area contributed by atoms with Gasteiger partial charge in [-0.2, -0.15) is 0 Å². The molecule has 2 saturated heterocycles. The van der Waals surface area contributed by atoms with E-state index in [9.17, 15) is 4.39 Å². The first-order valence-corrected chi connectivity index (χ1v) is 7.94. The third-order valence-electron chi connectivity index (χ3n) is 4.48. The smallest absolute Gasteiger partial charge is 0.141 e. The Kier molecular flexibility index (Phi) is 4.79. The fraction of sp³-hybridized carbons (Fsp3) is 0.625. The first-order valence-electron chi connectivity index (χ1n) is 7.56. The molecule has 1 aromatic carbocycles. The van der Waals surface area contributed by atoms with Crippen molar-refractivity contribution < 1.29 is 13.9 Å². The Labute approximate surface area is 129 Å². The Hall–Kier alpha value is -0.680. The van der Waals surface area contributed by atoms with Crippen molar-refractivity contribution in [2.75, 3.05) is 19.8 Å². The maximum absolute atomic E-state index is 13.2. The van der Waals surface area contributed by atoms with E-state index < -0.39 is 0 Å². The Morgan fingerprint density at radius 1 is 1.29 bits per heavy atom. The Morgan fingerprint density at radius 3 is 2.86 bits per heavy atom. The van der Waals surface area contributed by atoms with Crippen molar-refractivity contribution in [2.24, 2.45) is 0 Å². The second-order valence-corrected chi connectivity index (χ2v) is 6.37. The van der Waals surface area contributed by atoms with E-state index >= 15 is 0 Å². The van der Waals surface area contributed by atoms with Gasteiger partial charge < -0.3 is 14.8 Å². The van der Waals surface area contributed by atoms with Crippen LogP contribution in [-0.4, -0.2) is 31.5 Å². The zero-order valence-corrected chi connectivity index (χ0v) is 12.8. The van der Waals surface area contributed by atoms with Gasteiger partial charge in [-0.15, -0.1) is 0 Å². The molecule has 1 unspecified atom stereocenters. The Balaban J connectivity index is 1.56. The summed E-state index contributed by atoms with van der Waals surface area (Å²) in [6.07, 6.45) is 3.99. The second kappa shape index (κ2) is 6.61. The minimum absolute atomic E-state index is 0.00535. The van der Waals surface area contributed by atoms with Crippen LogP contribution in [0.2, 0.25) is 5.02 Å². The van der Waals surface area contributed by atoms with Crippen LogP contribution in [0, 0.1) is 5.82 Å². The monoisotopic (exact) mass is 313 g/mol. The Morgan fingerprint density at radius 2 is 2.10 bits per heavy atom. The summed E-state index contributed by atoms with van der Waals surface area (Å²) in [5.41, 5.74) is 1.00. The molecule has 1 atom stereocenters. The van der Waals surface area contributed by atoms with Crippen LogP contribution in [0.1, 0.15) is 31.2 Å². The van der Waals surface area contributed by atoms with Gasteiger partial charge in [0, 0.05) is 32.4 Å². The number of benzene rings is 1. The van der Waals surface area contributed by atoms with E-state index in [0.717, 1.165) is 51.1 Å². The number of halogens is 2. The molecule has 5 heteroatoms. The first kappa shape index (κ1) is 15.2. The molecule has 1 aromatic rings. The van der Waals surface area contributed by atoms with E-state index in [-0.39, 0.29) is 16.4 Å². The molecule has 0 amide bonds. The fourth-order valence-electron chi connectivity index (χ4n) is 3.21. The van der Waals surface area contributed by atoms with Crippen molar-refractivity contribution in [1.29, 1.82) is 0 Å². The molecule has 0 radical (unpaired) electrons. The van der Waals surface area contributed by atoms with Crippen LogP contribution in [0.5, 0.6) is 0 Å². The van der Waals surface area contributed by atoms with E-state index in [1.165, 1.54) is 6.07 Å². The lowest BCUT2D eigenvalue weighted by Crippen LogP contribution is -2.49. The standard InChI is InChI=1S/C16H21ClFNO2/c17-14-9-12(1-2-15(14)18)11-19-13-3-6-21-16(10-13)4-7-20-8-5-16/h1-2,9,13,19H,3-8,10-11H2. The third-order valence-corrected chi connectivity index (χ3v) is 4.77. The minimum Gasteiger partial charge on any atom is -0.381 e. The predicted octanol–water partition coefficient (Wildman–Crippen LogP) is 3.30. The zero-order valence-electron chi connectivity index (χ0n) is 12.0. The molecule has 0 aromatic heterocycles. The van der Waals surface area contributed by atoms with Gasteiger partial charge in [0.1, 0.15) is 5.82 Å². The normalized spacial score (nSPS) is 25.1. The van der Waals surface area contributed by atoms with Crippen molar-refractivity contribution in [1.82, 2.24) is 5.32 Å². The minimum atomic E-state index is -0.368. The topological polar surface area (TPSA) is 30.5 Å². The van der Waals surface area contributed by atoms with E-state index in [0.29, 0.717) is 12.6 Å². The molecular formula is C16H21ClFNO2. The number of hydrogen-bond acceptors (Lipinski definition) is 3. The maximum Gasteiger partial charge on any atom is 0.141 e. The lowest BCUT2D eigenvalue weighted by Gasteiger charge is -2.43. The van der Waals surface area contributed by atoms with Gasteiger partial charge in [-0.3, -0.25) is 0 Å². The fourth-order valence-corrected chi connectivity index (χ4v) is 3.41. The van der Waals surface area contributed by atoms with Crippen LogP contribution in [0.3, 0.4) is 0 Å². The molecular weight excluding hydrogens is 293 g/mol. The summed E-state index contributed by atoms with van der Waals surface area (Å²) in [5, 5.41) is 3.74. The molecule has 2 heterocycles. The average molecular weight is 314 g/mol. The van der Waals surface area contributed by atoms with E-state index in [2.05, 4.69) is 5.32 Å². The van der Waals surface area contributed by atoms with Gasteiger partial charge in [0.05, 0.1) is 10.6 Å². The van der Waals surface area contributed by atoms with Gasteiger partial charge in [-0.05, 0) is 43.4 Å². The lowest BCUT2D eigenvalue weighted by atomic mass is 9.84. The molecule has 1 spiro atoms. The van der Waals surface area contributed by atoms with Crippen LogP contribution < -0.4 is 5.32 Å². The van der Waals surface area contributed by atoms with Crippen LogP contribution in [0.4, 0.5) is 4.39 Å². The number of hydrogen-bond donors (Lipinski definition) is 1. The van der Waals surface area contributed by atoms with Gasteiger partial charge >= 0.3 is 0 Å². The van der Waals surface area contributed by atoms with Crippen molar-refractivity contribution in [3.63, 3.8) is 0 Å². The highest BCUT2D eigenvalue weighted by molar-refractivity contribution is 6.30. The van der Waals surface area contributed by atoms with Crippen molar-refractivity contribution in [3.05, 3.63) is 34.6 Å². The summed E-state index contributed by atoms with van der Waals surface area (Å²) in [7, 11) is 0. The molecule has 2 fully saturated rings. The van der Waals surface area contributed by atoms with Crippen molar-refractivity contribution in [2.45, 2.75) is 43.9 Å². The van der Waals surface area contributed by atoms with Crippen LogP contribution >= 0.6 is 11.6 Å². The molecule has 0 aliphatic carbocycles. The average Bonchev–Trinajstić information content (AvgIpc) is 2.49. The first-order chi connectivity index (χ1) is 10.2. The molecule has 2 aliphatic heterocycles. The largest absolute Gasteiger partial charge is 0.381 e. The highest BCUT2D eigenvalue weighted by Gasteiger charge is 2.38. The van der Waals surface area contributed by atoms with Gasteiger partial charge in [-0.1, -0.05) is 17.7 Å². The number of ether oxygens (including phenoxy) is 2. The number of nitrogens with one attached hydrogen (secondary N) is 1. The molecule has 21 heavy (non-hydrogen) atoms. The van der Waals surface area contributed by atoms with Gasteiger partial charge in [0.2, 0.25) is 0 Å². The molecule has 0 saturated carbocycles. The Bertz CT molecular complexity index is 486. The zero-order chi connectivity index (χ0) is 14.7. The van der Waals surface area contributed by atoms with Crippen LogP contribution in [0.15, 0.2) is 18.2 Å². The molecule has 116 valence electrons. The molecule has 0 bridgehead atoms. The van der Waals surface area contributed by atoms with E-state index in [1.54, 1.807) is 12.1 Å². The summed E-state index contributed by atoms with van der Waals surface area (Å²) >= 11 is 5.82. The summed E-state index contributed by atoms with van der Waals surface area (Å²) < 4.78 is 24.6. The summed E-state index contributed by atoms with van der Waals surface area (Å²) in [5.74, 6) is -0.368. The van der Waals surface area contributed by atoms with Crippen molar-refractivity contribution >= 4 is 11.6 Å².